The standard InChI is InChI=1S/C18H34N4O2/c1-14(2)16(19)18(24)22-12-10-20(11-13-22)15(3)17(23)21-8-6-4-5-7-9-21/h14-16H,4-13,19H2,1-3H3/t15?,16-/m0/s1. The van der Waals surface area contributed by atoms with Crippen LogP contribution in [0.1, 0.15) is 46.5 Å². The number of likely N-dealkylation sites (tertiary alicyclic amines) is 1. The Kier molecular flexibility index (Phi) is 7.04. The van der Waals surface area contributed by atoms with Crippen LogP contribution in [-0.4, -0.2) is 77.9 Å². The van der Waals surface area contributed by atoms with Gasteiger partial charge in [0.15, 0.2) is 0 Å². The maximum atomic E-state index is 12.7. The van der Waals surface area contributed by atoms with Crippen molar-refractivity contribution in [2.24, 2.45) is 11.7 Å². The van der Waals surface area contributed by atoms with E-state index in [1.807, 2.05) is 30.6 Å². The Morgan fingerprint density at radius 3 is 1.75 bits per heavy atom. The van der Waals surface area contributed by atoms with Crippen LogP contribution in [0.2, 0.25) is 0 Å². The molecule has 6 nitrogen and oxygen atoms in total. The summed E-state index contributed by atoms with van der Waals surface area (Å²) in [5.41, 5.74) is 5.98. The van der Waals surface area contributed by atoms with E-state index in [1.54, 1.807) is 0 Å². The maximum absolute atomic E-state index is 12.7. The van der Waals surface area contributed by atoms with Gasteiger partial charge in [0.05, 0.1) is 12.1 Å². The summed E-state index contributed by atoms with van der Waals surface area (Å²) in [4.78, 5) is 31.2. The molecule has 6 heteroatoms. The lowest BCUT2D eigenvalue weighted by Gasteiger charge is -2.39. The van der Waals surface area contributed by atoms with Gasteiger partial charge >= 0.3 is 0 Å². The third-order valence-electron chi connectivity index (χ3n) is 5.45. The third kappa shape index (κ3) is 4.70. The normalized spacial score (nSPS) is 23.0. The topological polar surface area (TPSA) is 69.9 Å². The van der Waals surface area contributed by atoms with Gasteiger partial charge in [-0.3, -0.25) is 14.5 Å². The van der Waals surface area contributed by atoms with E-state index in [4.69, 9.17) is 5.73 Å². The van der Waals surface area contributed by atoms with Crippen molar-refractivity contribution in [2.75, 3.05) is 39.3 Å². The first kappa shape index (κ1) is 19.2. The van der Waals surface area contributed by atoms with Crippen molar-refractivity contribution in [3.05, 3.63) is 0 Å². The lowest BCUT2D eigenvalue weighted by Crippen LogP contribution is -2.58. The molecule has 0 aromatic rings. The van der Waals surface area contributed by atoms with Crippen molar-refractivity contribution in [1.29, 1.82) is 0 Å². The van der Waals surface area contributed by atoms with Crippen LogP contribution in [0.5, 0.6) is 0 Å². The van der Waals surface area contributed by atoms with Crippen LogP contribution in [0.3, 0.4) is 0 Å². The van der Waals surface area contributed by atoms with Gasteiger partial charge in [0.1, 0.15) is 0 Å². The van der Waals surface area contributed by atoms with Crippen molar-refractivity contribution >= 4 is 11.8 Å². The van der Waals surface area contributed by atoms with E-state index in [-0.39, 0.29) is 23.8 Å². The molecule has 2 aliphatic rings. The minimum atomic E-state index is -0.423. The molecule has 2 atom stereocenters. The molecular weight excluding hydrogens is 304 g/mol. The Morgan fingerprint density at radius 1 is 0.750 bits per heavy atom. The molecule has 0 aliphatic carbocycles. The lowest BCUT2D eigenvalue weighted by molar-refractivity contribution is -0.139. The minimum absolute atomic E-state index is 0.0381. The molecule has 2 aliphatic heterocycles. The van der Waals surface area contributed by atoms with Crippen LogP contribution in [0, 0.1) is 5.92 Å². The zero-order chi connectivity index (χ0) is 17.7. The van der Waals surface area contributed by atoms with Crippen molar-refractivity contribution in [1.82, 2.24) is 14.7 Å². The molecule has 2 saturated heterocycles. The summed E-state index contributed by atoms with van der Waals surface area (Å²) in [6.07, 6.45) is 4.70. The van der Waals surface area contributed by atoms with Crippen molar-refractivity contribution in [3.8, 4) is 0 Å². The van der Waals surface area contributed by atoms with Crippen LogP contribution in [0.15, 0.2) is 0 Å². The molecular formula is C18H34N4O2. The first-order valence-corrected chi connectivity index (χ1v) is 9.49. The van der Waals surface area contributed by atoms with Crippen LogP contribution < -0.4 is 5.73 Å². The number of hydrogen-bond acceptors (Lipinski definition) is 4. The van der Waals surface area contributed by atoms with Crippen LogP contribution in [-0.2, 0) is 9.59 Å². The zero-order valence-electron chi connectivity index (χ0n) is 15.5. The number of rotatable bonds is 4. The molecule has 2 rings (SSSR count). The molecule has 138 valence electrons. The fourth-order valence-electron chi connectivity index (χ4n) is 3.54. The molecule has 0 aromatic heterocycles. The van der Waals surface area contributed by atoms with Gasteiger partial charge < -0.3 is 15.5 Å². The van der Waals surface area contributed by atoms with Gasteiger partial charge in [-0.15, -0.1) is 0 Å². The molecule has 2 fully saturated rings. The van der Waals surface area contributed by atoms with E-state index in [0.717, 1.165) is 39.0 Å². The summed E-state index contributed by atoms with van der Waals surface area (Å²) < 4.78 is 0. The van der Waals surface area contributed by atoms with Gasteiger partial charge in [-0.2, -0.15) is 0 Å². The first-order valence-electron chi connectivity index (χ1n) is 9.49. The van der Waals surface area contributed by atoms with Crippen molar-refractivity contribution < 1.29 is 9.59 Å². The highest BCUT2D eigenvalue weighted by atomic mass is 16.2. The fourth-order valence-corrected chi connectivity index (χ4v) is 3.54. The summed E-state index contributed by atoms with van der Waals surface area (Å²) in [6, 6.07) is -0.521. The second-order valence-corrected chi connectivity index (χ2v) is 7.55. The summed E-state index contributed by atoms with van der Waals surface area (Å²) in [5.74, 6) is 0.436. The van der Waals surface area contributed by atoms with E-state index in [0.29, 0.717) is 13.1 Å². The van der Waals surface area contributed by atoms with Crippen molar-refractivity contribution in [2.45, 2.75) is 58.5 Å². The molecule has 1 unspecified atom stereocenters. The van der Waals surface area contributed by atoms with Gasteiger partial charge in [0.2, 0.25) is 11.8 Å². The SMILES string of the molecule is CC(C)[C@H](N)C(=O)N1CCN(C(C)C(=O)N2CCCCCC2)CC1. The lowest BCUT2D eigenvalue weighted by atomic mass is 10.0. The monoisotopic (exact) mass is 338 g/mol. The average molecular weight is 338 g/mol. The Labute approximate surface area is 146 Å². The van der Waals surface area contributed by atoms with Gasteiger partial charge in [-0.1, -0.05) is 26.7 Å². The third-order valence-corrected chi connectivity index (χ3v) is 5.45. The number of nitrogens with two attached hydrogens (primary N) is 1. The van der Waals surface area contributed by atoms with Gasteiger partial charge in [-0.05, 0) is 25.7 Å². The fraction of sp³-hybridized carbons (Fsp3) is 0.889. The highest BCUT2D eigenvalue weighted by molar-refractivity contribution is 5.82. The molecule has 0 spiro atoms. The Bertz CT molecular complexity index is 425. The maximum Gasteiger partial charge on any atom is 0.239 e. The number of carbonyl (C=O) groups is 2. The van der Waals surface area contributed by atoms with Crippen LogP contribution >= 0.6 is 0 Å². The molecule has 2 amide bonds. The molecule has 0 radical (unpaired) electrons. The van der Waals surface area contributed by atoms with E-state index in [2.05, 4.69) is 4.90 Å². The average Bonchev–Trinajstić information content (AvgIpc) is 2.88. The highest BCUT2D eigenvalue weighted by Gasteiger charge is 2.31. The summed E-state index contributed by atoms with van der Waals surface area (Å²) in [6.45, 7) is 10.6. The molecule has 0 bridgehead atoms. The Balaban J connectivity index is 1.84. The predicted octanol–water partition coefficient (Wildman–Crippen LogP) is 0.905. The summed E-state index contributed by atoms with van der Waals surface area (Å²) in [7, 11) is 0. The molecule has 2 heterocycles. The zero-order valence-corrected chi connectivity index (χ0v) is 15.5. The molecule has 2 N–H and O–H groups in total. The first-order chi connectivity index (χ1) is 11.4. The summed E-state index contributed by atoms with van der Waals surface area (Å²) >= 11 is 0. The van der Waals surface area contributed by atoms with E-state index >= 15 is 0 Å². The minimum Gasteiger partial charge on any atom is -0.341 e. The van der Waals surface area contributed by atoms with E-state index < -0.39 is 6.04 Å². The number of carbonyl (C=O) groups excluding carboxylic acids is 2. The smallest absolute Gasteiger partial charge is 0.239 e. The van der Waals surface area contributed by atoms with Crippen LogP contribution in [0.25, 0.3) is 0 Å². The van der Waals surface area contributed by atoms with Crippen LogP contribution in [0.4, 0.5) is 0 Å². The van der Waals surface area contributed by atoms with Crippen molar-refractivity contribution in [3.63, 3.8) is 0 Å². The van der Waals surface area contributed by atoms with E-state index in [1.165, 1.54) is 12.8 Å². The largest absolute Gasteiger partial charge is 0.341 e. The molecule has 0 aromatic carbocycles. The molecule has 24 heavy (non-hydrogen) atoms. The number of hydrogen-bond donors (Lipinski definition) is 1. The van der Waals surface area contributed by atoms with Gasteiger partial charge in [-0.25, -0.2) is 0 Å². The molecule has 0 saturated carbocycles. The quantitative estimate of drug-likeness (QED) is 0.827. The summed E-state index contributed by atoms with van der Waals surface area (Å²) in [5, 5.41) is 0. The number of amides is 2. The Morgan fingerprint density at radius 2 is 1.25 bits per heavy atom. The van der Waals surface area contributed by atoms with E-state index in [9.17, 15) is 9.59 Å². The second kappa shape index (κ2) is 8.81. The van der Waals surface area contributed by atoms with Gasteiger partial charge in [0.25, 0.3) is 0 Å². The Hall–Kier alpha value is -1.14. The van der Waals surface area contributed by atoms with Gasteiger partial charge in [0, 0.05) is 39.3 Å². The number of nitrogens with zero attached hydrogens (tertiary/aromatic N) is 3. The second-order valence-electron chi connectivity index (χ2n) is 7.55. The number of piperazine rings is 1. The predicted molar refractivity (Wildman–Crippen MR) is 95.5 cm³/mol. The highest BCUT2D eigenvalue weighted by Crippen LogP contribution is 2.15.